The van der Waals surface area contributed by atoms with E-state index in [-0.39, 0.29) is 20.3 Å². The summed E-state index contributed by atoms with van der Waals surface area (Å²) < 4.78 is 0. The van der Waals surface area contributed by atoms with Crippen LogP contribution >= 0.6 is 0 Å². The molecule has 0 N–H and O–H groups in total. The van der Waals surface area contributed by atoms with Gasteiger partial charge in [-0.3, -0.25) is 0 Å². The minimum atomic E-state index is 0. The molecule has 0 aromatic rings. The molecule has 42 valence electrons. The Morgan fingerprint density at radius 1 is 0.444 bits per heavy atom. The van der Waals surface area contributed by atoms with Gasteiger partial charge >= 0.3 is 18.9 Å². The van der Waals surface area contributed by atoms with E-state index in [0.29, 0.717) is 0 Å². The van der Waals surface area contributed by atoms with Crippen molar-refractivity contribution in [3.05, 3.63) is 0 Å². The van der Waals surface area contributed by atoms with Crippen LogP contribution in [0.5, 0.6) is 0 Å². The van der Waals surface area contributed by atoms with Gasteiger partial charge in [-0.25, -0.2) is 0 Å². The molecule has 0 saturated heterocycles. The van der Waals surface area contributed by atoms with Crippen molar-refractivity contribution in [1.29, 1.82) is 0 Å². The smallest absolute Gasteiger partial charge is 1.00 e. The van der Waals surface area contributed by atoms with Gasteiger partial charge in [0.2, 0.25) is 0 Å². The fraction of sp³-hybridized carbons (Fsp3) is 1.00. The molecule has 6 aliphatic rings. The quantitative estimate of drug-likeness (QED) is 0.321. The molecule has 0 bridgehead atoms. The predicted octanol–water partition coefficient (Wildman–Crippen LogP) is -1.90. The zero-order valence-corrected chi connectivity index (χ0v) is 5.62. The first-order valence-electron chi connectivity index (χ1n) is 4.00. The number of rotatable bonds is 0. The topological polar surface area (TPSA) is 0 Å². The second-order valence-electron chi connectivity index (χ2n) is 4.62. The second-order valence-corrected chi connectivity index (χ2v) is 4.62. The molecule has 0 aliphatic heterocycles. The first-order valence-corrected chi connectivity index (χ1v) is 4.00. The molecule has 0 spiro atoms. The Morgan fingerprint density at radius 3 is 0.667 bits per heavy atom. The van der Waals surface area contributed by atoms with E-state index in [1.165, 1.54) is 47.3 Å². The third-order valence-corrected chi connectivity index (χ3v) is 5.33. The van der Waals surface area contributed by atoms with Crippen molar-refractivity contribution >= 4 is 0 Å². The van der Waals surface area contributed by atoms with E-state index in [1.54, 1.807) is 0 Å². The minimum Gasteiger partial charge on any atom is -1.00 e. The normalized spacial score (nSPS) is 96.0. The minimum absolute atomic E-state index is 0. The fourth-order valence-corrected chi connectivity index (χ4v) is 5.29. The van der Waals surface area contributed by atoms with Gasteiger partial charge in [-0.05, 0) is 47.3 Å². The molecular formula is C8H9Li. The summed E-state index contributed by atoms with van der Waals surface area (Å²) in [6, 6.07) is 0. The van der Waals surface area contributed by atoms with Crippen LogP contribution in [-0.4, -0.2) is 0 Å². The van der Waals surface area contributed by atoms with Gasteiger partial charge in [0.25, 0.3) is 0 Å². The monoisotopic (exact) mass is 112 g/mol. The van der Waals surface area contributed by atoms with Crippen molar-refractivity contribution < 1.29 is 20.3 Å². The van der Waals surface area contributed by atoms with Crippen molar-refractivity contribution in [1.82, 2.24) is 0 Å². The van der Waals surface area contributed by atoms with Gasteiger partial charge in [-0.1, -0.05) is 0 Å². The maximum Gasteiger partial charge on any atom is 1.00 e. The molecular weight excluding hydrogens is 103 g/mol. The zero-order chi connectivity index (χ0) is 4.62. The van der Waals surface area contributed by atoms with Crippen LogP contribution in [0.3, 0.4) is 0 Å². The van der Waals surface area contributed by atoms with Crippen LogP contribution in [0.1, 0.15) is 1.43 Å². The Labute approximate surface area is 68.0 Å². The van der Waals surface area contributed by atoms with Crippen LogP contribution < -0.4 is 18.9 Å². The first kappa shape index (κ1) is 4.47. The van der Waals surface area contributed by atoms with Gasteiger partial charge in [0, 0.05) is 0 Å². The molecule has 9 heavy (non-hydrogen) atoms. The van der Waals surface area contributed by atoms with Gasteiger partial charge < -0.3 is 1.43 Å². The van der Waals surface area contributed by atoms with Crippen molar-refractivity contribution in [2.45, 2.75) is 0 Å². The molecule has 0 unspecified atom stereocenters. The molecule has 0 aromatic carbocycles. The van der Waals surface area contributed by atoms with Crippen LogP contribution in [0.25, 0.3) is 0 Å². The van der Waals surface area contributed by atoms with Gasteiger partial charge in [-0.15, -0.1) is 0 Å². The van der Waals surface area contributed by atoms with Crippen LogP contribution in [0.4, 0.5) is 0 Å². The summed E-state index contributed by atoms with van der Waals surface area (Å²) in [6.45, 7) is 0. The maximum atomic E-state index is 1.33. The summed E-state index contributed by atoms with van der Waals surface area (Å²) in [6.07, 6.45) is 0. The summed E-state index contributed by atoms with van der Waals surface area (Å²) >= 11 is 0. The molecule has 0 atom stereocenters. The van der Waals surface area contributed by atoms with E-state index in [4.69, 9.17) is 0 Å². The van der Waals surface area contributed by atoms with Gasteiger partial charge in [0.1, 0.15) is 0 Å². The standard InChI is InChI=1S/C8H8.Li.H/c1-2-5-3(1)7-4(1)6(2)8(5)7;;/h1-8H;;/q;+1;-1. The molecule has 6 rings (SSSR count). The fourth-order valence-electron chi connectivity index (χ4n) is 5.29. The van der Waals surface area contributed by atoms with E-state index in [0.717, 1.165) is 0 Å². The van der Waals surface area contributed by atoms with Gasteiger partial charge in [-0.2, -0.15) is 0 Å². The molecule has 0 amide bonds. The van der Waals surface area contributed by atoms with Crippen LogP contribution in [0, 0.1) is 47.3 Å². The first-order chi connectivity index (χ1) is 4.00. The average molecular weight is 112 g/mol. The molecule has 0 nitrogen and oxygen atoms in total. The number of hydrogen-bond donors (Lipinski definition) is 0. The molecule has 6 aliphatic carbocycles. The van der Waals surface area contributed by atoms with Gasteiger partial charge in [0.05, 0.1) is 0 Å². The average Bonchev–Trinajstić information content (AvgIpc) is 1.90. The molecule has 0 radical (unpaired) electrons. The molecule has 1 heteroatoms. The largest absolute Gasteiger partial charge is 1.00 e. The SMILES string of the molecule is C12C3C4C1C1C2C3C41.[H-].[Li+]. The Hall–Kier alpha value is 0.597. The van der Waals surface area contributed by atoms with Crippen LogP contribution in [-0.2, 0) is 0 Å². The zero-order valence-electron chi connectivity index (χ0n) is 6.62. The Kier molecular flexibility index (Phi) is 0.407. The van der Waals surface area contributed by atoms with Gasteiger partial charge in [0.15, 0.2) is 0 Å². The van der Waals surface area contributed by atoms with Crippen LogP contribution in [0.2, 0.25) is 0 Å². The second kappa shape index (κ2) is 0.820. The van der Waals surface area contributed by atoms with E-state index in [2.05, 4.69) is 0 Å². The molecule has 0 heterocycles. The molecule has 6 fully saturated rings. The van der Waals surface area contributed by atoms with Crippen molar-refractivity contribution in [2.75, 3.05) is 0 Å². The van der Waals surface area contributed by atoms with Crippen LogP contribution in [0.15, 0.2) is 0 Å². The third-order valence-electron chi connectivity index (χ3n) is 5.33. The molecule has 6 saturated carbocycles. The van der Waals surface area contributed by atoms with E-state index < -0.39 is 0 Å². The Bertz CT molecular complexity index is 119. The predicted molar refractivity (Wildman–Crippen MR) is 29.0 cm³/mol. The molecule has 0 aromatic heterocycles. The Balaban J connectivity index is 0.000000180. The summed E-state index contributed by atoms with van der Waals surface area (Å²) in [5.41, 5.74) is 0. The maximum absolute atomic E-state index is 1.33. The van der Waals surface area contributed by atoms with Crippen molar-refractivity contribution in [3.63, 3.8) is 0 Å². The summed E-state index contributed by atoms with van der Waals surface area (Å²) in [5.74, 6) is 10.7. The number of hydrogen-bond acceptors (Lipinski definition) is 0. The third kappa shape index (κ3) is 0.158. The van der Waals surface area contributed by atoms with E-state index in [9.17, 15) is 0 Å². The van der Waals surface area contributed by atoms with Crippen molar-refractivity contribution in [3.8, 4) is 0 Å². The summed E-state index contributed by atoms with van der Waals surface area (Å²) in [5, 5.41) is 0. The summed E-state index contributed by atoms with van der Waals surface area (Å²) in [7, 11) is 0. The Morgan fingerprint density at radius 2 is 0.556 bits per heavy atom. The van der Waals surface area contributed by atoms with E-state index >= 15 is 0 Å². The van der Waals surface area contributed by atoms with E-state index in [1.807, 2.05) is 0 Å². The summed E-state index contributed by atoms with van der Waals surface area (Å²) in [4.78, 5) is 0. The van der Waals surface area contributed by atoms with Crippen molar-refractivity contribution in [2.24, 2.45) is 47.3 Å².